The molecule has 0 fully saturated rings. The highest BCUT2D eigenvalue weighted by molar-refractivity contribution is 7.20. The number of halogens is 1. The Hall–Kier alpha value is -3.69. The number of aryl methyl sites for hydroxylation is 1. The molecule has 0 saturated heterocycles. The monoisotopic (exact) mass is 482 g/mol. The molecule has 0 saturated carbocycles. The molecule has 168 valence electrons. The number of carbonyl (C=O) groups excluding carboxylic acids is 3. The molecule has 0 radical (unpaired) electrons. The smallest absolute Gasteiger partial charge is 0.348 e. The Morgan fingerprint density at radius 3 is 2.64 bits per heavy atom. The highest BCUT2D eigenvalue weighted by Crippen LogP contribution is 2.31. The summed E-state index contributed by atoms with van der Waals surface area (Å²) in [6.07, 6.45) is 0. The van der Waals surface area contributed by atoms with Crippen molar-refractivity contribution in [3.05, 3.63) is 81.8 Å². The average Bonchev–Trinajstić information content (AvgIpc) is 3.37. The topological polar surface area (TPSA) is 102 Å². The van der Waals surface area contributed by atoms with Crippen molar-refractivity contribution in [3.8, 4) is 5.69 Å². The SMILES string of the molecule is Cc1nn(-c2cccc(Cl)c2)c2sc(C(=O)OCC(=O)NC(=O)NCc3ccccc3)cc12. The number of hydrogen-bond acceptors (Lipinski definition) is 6. The second-order valence-corrected chi connectivity index (χ2v) is 8.57. The largest absolute Gasteiger partial charge is 0.451 e. The van der Waals surface area contributed by atoms with Crippen LogP contribution in [0.15, 0.2) is 60.7 Å². The lowest BCUT2D eigenvalue weighted by molar-refractivity contribution is -0.123. The Morgan fingerprint density at radius 1 is 1.09 bits per heavy atom. The number of thiophene rings is 1. The minimum Gasteiger partial charge on any atom is -0.451 e. The molecule has 3 amide bonds. The number of hydrogen-bond donors (Lipinski definition) is 2. The molecular formula is C23H19ClN4O4S. The first-order valence-corrected chi connectivity index (χ1v) is 11.1. The highest BCUT2D eigenvalue weighted by Gasteiger charge is 2.19. The van der Waals surface area contributed by atoms with Crippen LogP contribution in [0.25, 0.3) is 15.9 Å². The molecule has 2 aromatic heterocycles. The number of nitrogens with one attached hydrogen (secondary N) is 2. The molecule has 0 bridgehead atoms. The first kappa shape index (κ1) is 22.5. The number of benzene rings is 2. The molecule has 8 nitrogen and oxygen atoms in total. The molecule has 0 aliphatic heterocycles. The maximum Gasteiger partial charge on any atom is 0.348 e. The summed E-state index contributed by atoms with van der Waals surface area (Å²) in [4.78, 5) is 37.4. The van der Waals surface area contributed by atoms with Crippen molar-refractivity contribution in [3.63, 3.8) is 0 Å². The van der Waals surface area contributed by atoms with E-state index in [-0.39, 0.29) is 6.54 Å². The molecule has 33 heavy (non-hydrogen) atoms. The summed E-state index contributed by atoms with van der Waals surface area (Å²) in [5.41, 5.74) is 2.40. The molecule has 0 atom stereocenters. The minimum absolute atomic E-state index is 0.268. The van der Waals surface area contributed by atoms with Gasteiger partial charge in [0.2, 0.25) is 0 Å². The van der Waals surface area contributed by atoms with Gasteiger partial charge in [-0.1, -0.05) is 48.0 Å². The van der Waals surface area contributed by atoms with Gasteiger partial charge < -0.3 is 10.1 Å². The normalized spacial score (nSPS) is 10.7. The number of urea groups is 1. The fourth-order valence-electron chi connectivity index (χ4n) is 3.12. The van der Waals surface area contributed by atoms with Crippen LogP contribution in [-0.2, 0) is 16.1 Å². The quantitative estimate of drug-likeness (QED) is 0.400. The van der Waals surface area contributed by atoms with Crippen LogP contribution in [0.1, 0.15) is 20.9 Å². The van der Waals surface area contributed by atoms with E-state index >= 15 is 0 Å². The summed E-state index contributed by atoms with van der Waals surface area (Å²) in [5, 5.41) is 10.6. The van der Waals surface area contributed by atoms with E-state index in [4.69, 9.17) is 16.3 Å². The van der Waals surface area contributed by atoms with E-state index in [1.54, 1.807) is 22.9 Å². The van der Waals surface area contributed by atoms with Gasteiger partial charge >= 0.3 is 12.0 Å². The molecule has 4 aromatic rings. The Labute approximate surface area is 198 Å². The van der Waals surface area contributed by atoms with E-state index in [2.05, 4.69) is 15.7 Å². The van der Waals surface area contributed by atoms with E-state index in [9.17, 15) is 14.4 Å². The predicted molar refractivity (Wildman–Crippen MR) is 126 cm³/mol. The van der Waals surface area contributed by atoms with Gasteiger partial charge in [-0.2, -0.15) is 5.10 Å². The average molecular weight is 483 g/mol. The van der Waals surface area contributed by atoms with Crippen LogP contribution in [0.2, 0.25) is 5.02 Å². The third kappa shape index (κ3) is 5.39. The van der Waals surface area contributed by atoms with Crippen LogP contribution < -0.4 is 10.6 Å². The summed E-state index contributed by atoms with van der Waals surface area (Å²) < 4.78 is 6.80. The molecule has 4 rings (SSSR count). The van der Waals surface area contributed by atoms with E-state index in [1.807, 2.05) is 49.4 Å². The van der Waals surface area contributed by atoms with Crippen molar-refractivity contribution in [1.29, 1.82) is 0 Å². The Morgan fingerprint density at radius 2 is 1.88 bits per heavy atom. The van der Waals surface area contributed by atoms with Crippen LogP contribution in [0.5, 0.6) is 0 Å². The van der Waals surface area contributed by atoms with Gasteiger partial charge in [0, 0.05) is 17.0 Å². The number of esters is 1. The molecule has 2 N–H and O–H groups in total. The molecule has 0 aliphatic carbocycles. The van der Waals surface area contributed by atoms with Gasteiger partial charge in [-0.3, -0.25) is 10.1 Å². The molecule has 10 heteroatoms. The van der Waals surface area contributed by atoms with Gasteiger partial charge in [0.25, 0.3) is 5.91 Å². The number of fused-ring (bicyclic) bond motifs is 1. The zero-order chi connectivity index (χ0) is 23.4. The Kier molecular flexibility index (Phi) is 6.71. The minimum atomic E-state index is -0.726. The molecular weight excluding hydrogens is 464 g/mol. The van der Waals surface area contributed by atoms with Crippen LogP contribution in [0, 0.1) is 6.92 Å². The summed E-state index contributed by atoms with van der Waals surface area (Å²) in [6, 6.07) is 17.5. The number of amides is 3. The number of nitrogens with zero attached hydrogens (tertiary/aromatic N) is 2. The van der Waals surface area contributed by atoms with Gasteiger partial charge in [-0.15, -0.1) is 11.3 Å². The Bertz CT molecular complexity index is 1330. The van der Waals surface area contributed by atoms with Crippen LogP contribution in [0.4, 0.5) is 4.79 Å². The number of carbonyl (C=O) groups is 3. The summed E-state index contributed by atoms with van der Waals surface area (Å²) in [6.45, 7) is 1.53. The highest BCUT2D eigenvalue weighted by atomic mass is 35.5. The molecule has 2 aromatic carbocycles. The third-order valence-corrected chi connectivity index (χ3v) is 6.01. The fourth-order valence-corrected chi connectivity index (χ4v) is 4.38. The lowest BCUT2D eigenvalue weighted by Gasteiger charge is -2.07. The van der Waals surface area contributed by atoms with E-state index in [1.165, 1.54) is 11.3 Å². The van der Waals surface area contributed by atoms with Gasteiger partial charge in [-0.25, -0.2) is 14.3 Å². The second kappa shape index (κ2) is 9.85. The van der Waals surface area contributed by atoms with Gasteiger partial charge in [0.15, 0.2) is 6.61 Å². The number of imide groups is 1. The van der Waals surface area contributed by atoms with Gasteiger partial charge in [0.05, 0.1) is 11.4 Å². The van der Waals surface area contributed by atoms with E-state index in [0.29, 0.717) is 9.90 Å². The van der Waals surface area contributed by atoms with Crippen molar-refractivity contribution < 1.29 is 19.1 Å². The maximum absolute atomic E-state index is 12.5. The number of aromatic nitrogens is 2. The van der Waals surface area contributed by atoms with Crippen molar-refractivity contribution >= 4 is 51.1 Å². The zero-order valence-electron chi connectivity index (χ0n) is 17.5. The summed E-state index contributed by atoms with van der Waals surface area (Å²) >= 11 is 7.28. The molecule has 0 aliphatic rings. The van der Waals surface area contributed by atoms with Crippen molar-refractivity contribution in [1.82, 2.24) is 20.4 Å². The van der Waals surface area contributed by atoms with E-state index in [0.717, 1.165) is 27.2 Å². The van der Waals surface area contributed by atoms with Crippen LogP contribution in [0.3, 0.4) is 0 Å². The number of ether oxygens (including phenoxy) is 1. The van der Waals surface area contributed by atoms with E-state index < -0.39 is 24.5 Å². The lowest BCUT2D eigenvalue weighted by Crippen LogP contribution is -2.41. The molecule has 0 unspecified atom stereocenters. The second-order valence-electron chi connectivity index (χ2n) is 7.10. The lowest BCUT2D eigenvalue weighted by atomic mass is 10.2. The zero-order valence-corrected chi connectivity index (χ0v) is 19.1. The summed E-state index contributed by atoms with van der Waals surface area (Å²) in [5.74, 6) is -1.38. The van der Waals surface area contributed by atoms with Gasteiger partial charge in [-0.05, 0) is 36.8 Å². The van der Waals surface area contributed by atoms with Crippen LogP contribution in [-0.4, -0.2) is 34.3 Å². The molecule has 0 spiro atoms. The maximum atomic E-state index is 12.5. The predicted octanol–water partition coefficient (Wildman–Crippen LogP) is 4.23. The van der Waals surface area contributed by atoms with Crippen molar-refractivity contribution in [2.24, 2.45) is 0 Å². The molecule has 2 heterocycles. The first-order chi connectivity index (χ1) is 15.9. The van der Waals surface area contributed by atoms with Crippen molar-refractivity contribution in [2.75, 3.05) is 6.61 Å². The third-order valence-electron chi connectivity index (χ3n) is 4.68. The van der Waals surface area contributed by atoms with Crippen LogP contribution >= 0.6 is 22.9 Å². The van der Waals surface area contributed by atoms with Crippen molar-refractivity contribution in [2.45, 2.75) is 13.5 Å². The first-order valence-electron chi connectivity index (χ1n) is 9.94. The standard InChI is InChI=1S/C23H19ClN4O4S/c1-14-18-11-19(33-21(18)28(27-14)17-9-5-8-16(24)10-17)22(30)32-13-20(29)26-23(31)25-12-15-6-3-2-4-7-15/h2-11H,12-13H2,1H3,(H2,25,26,29,31). The Balaban J connectivity index is 1.35. The summed E-state index contributed by atoms with van der Waals surface area (Å²) in [7, 11) is 0. The number of rotatable bonds is 6. The fraction of sp³-hybridized carbons (Fsp3) is 0.130. The van der Waals surface area contributed by atoms with Gasteiger partial charge in [0.1, 0.15) is 9.71 Å².